The number of nitrogens with zero attached hydrogens (tertiary/aromatic N) is 2. The molecule has 264 valence electrons. The van der Waals surface area contributed by atoms with Gasteiger partial charge in [0.2, 0.25) is 11.8 Å². The summed E-state index contributed by atoms with van der Waals surface area (Å²) in [6, 6.07) is 36.8. The lowest BCUT2D eigenvalue weighted by atomic mass is 10.0. The minimum Gasteiger partial charge on any atom is -0.457 e. The van der Waals surface area contributed by atoms with Crippen LogP contribution in [0.4, 0.5) is 5.69 Å². The Balaban J connectivity index is 1.56. The fraction of sp³-hybridized carbons (Fsp3) is 0.200. The molecule has 0 saturated heterocycles. The minimum atomic E-state index is -4.27. The number of ether oxygens (including phenoxy) is 1. The number of halogens is 2. The van der Waals surface area contributed by atoms with Crippen LogP contribution in [-0.4, -0.2) is 44.3 Å². The zero-order valence-corrected chi connectivity index (χ0v) is 30.6. The van der Waals surface area contributed by atoms with E-state index in [0.717, 1.165) is 9.87 Å². The molecule has 8 nitrogen and oxygen atoms in total. The molecule has 2 amide bonds. The van der Waals surface area contributed by atoms with E-state index >= 15 is 0 Å². The van der Waals surface area contributed by atoms with Gasteiger partial charge in [0.05, 0.1) is 10.6 Å². The zero-order valence-electron chi connectivity index (χ0n) is 28.3. The summed E-state index contributed by atoms with van der Waals surface area (Å²) >= 11 is 12.8. The molecule has 0 bridgehead atoms. The van der Waals surface area contributed by atoms with E-state index in [9.17, 15) is 18.0 Å². The molecule has 0 aliphatic rings. The third-order valence-electron chi connectivity index (χ3n) is 8.03. The Kier molecular flexibility index (Phi) is 12.8. The molecule has 0 aliphatic heterocycles. The van der Waals surface area contributed by atoms with Crippen LogP contribution in [-0.2, 0) is 32.6 Å². The van der Waals surface area contributed by atoms with Crippen molar-refractivity contribution in [1.82, 2.24) is 10.2 Å². The van der Waals surface area contributed by atoms with Crippen molar-refractivity contribution < 1.29 is 22.7 Å². The Labute approximate surface area is 309 Å². The van der Waals surface area contributed by atoms with Crippen molar-refractivity contribution in [3.05, 3.63) is 155 Å². The highest BCUT2D eigenvalue weighted by molar-refractivity contribution is 7.92. The van der Waals surface area contributed by atoms with Gasteiger partial charge in [-0.1, -0.05) is 110 Å². The fourth-order valence-corrected chi connectivity index (χ4v) is 7.27. The van der Waals surface area contributed by atoms with Gasteiger partial charge in [-0.25, -0.2) is 8.42 Å². The van der Waals surface area contributed by atoms with Crippen molar-refractivity contribution in [3.8, 4) is 11.5 Å². The standard InChI is InChI=1S/C40H39Cl2N3O5S/c1-29(2)26-43-40(47)38(24-30-12-6-3-7-13-30)44(27-31-18-19-32(41)25-37(31)42)39(46)28-45(51(48,49)36-16-10-5-11-17-36)33-20-22-35(23-21-33)50-34-14-8-4-9-15-34/h3-23,25,29,38H,24,26-28H2,1-2H3,(H,43,47). The van der Waals surface area contributed by atoms with Crippen LogP contribution in [0.1, 0.15) is 25.0 Å². The molecule has 0 fully saturated rings. The lowest BCUT2D eigenvalue weighted by Gasteiger charge is -2.34. The van der Waals surface area contributed by atoms with Crippen LogP contribution in [0.25, 0.3) is 0 Å². The van der Waals surface area contributed by atoms with Gasteiger partial charge >= 0.3 is 0 Å². The van der Waals surface area contributed by atoms with Gasteiger partial charge in [-0.15, -0.1) is 0 Å². The third kappa shape index (κ3) is 10.1. The summed E-state index contributed by atoms with van der Waals surface area (Å²) in [6.45, 7) is 3.66. The van der Waals surface area contributed by atoms with Crippen molar-refractivity contribution in [2.75, 3.05) is 17.4 Å². The molecule has 0 radical (unpaired) electrons. The van der Waals surface area contributed by atoms with Crippen molar-refractivity contribution >= 4 is 50.7 Å². The second kappa shape index (κ2) is 17.4. The maximum atomic E-state index is 14.7. The molecule has 0 aliphatic carbocycles. The zero-order chi connectivity index (χ0) is 36.4. The number of carbonyl (C=O) groups is 2. The summed E-state index contributed by atoms with van der Waals surface area (Å²) in [4.78, 5) is 30.1. The maximum Gasteiger partial charge on any atom is 0.264 e. The van der Waals surface area contributed by atoms with E-state index in [1.807, 2.05) is 74.5 Å². The van der Waals surface area contributed by atoms with Gasteiger partial charge in [0.25, 0.3) is 10.0 Å². The van der Waals surface area contributed by atoms with Crippen molar-refractivity contribution in [3.63, 3.8) is 0 Å². The van der Waals surface area contributed by atoms with Gasteiger partial charge < -0.3 is 15.0 Å². The maximum absolute atomic E-state index is 14.7. The summed E-state index contributed by atoms with van der Waals surface area (Å²) in [5, 5.41) is 3.71. The Morgan fingerprint density at radius 1 is 0.765 bits per heavy atom. The molecule has 5 aromatic rings. The second-order valence-corrected chi connectivity index (χ2v) is 15.0. The Bertz CT molecular complexity index is 2010. The monoisotopic (exact) mass is 743 g/mol. The molecule has 1 unspecified atom stereocenters. The smallest absolute Gasteiger partial charge is 0.264 e. The Morgan fingerprint density at radius 3 is 1.96 bits per heavy atom. The van der Waals surface area contributed by atoms with Crippen LogP contribution in [0.2, 0.25) is 10.0 Å². The number of sulfonamides is 1. The first-order chi connectivity index (χ1) is 24.5. The molecule has 51 heavy (non-hydrogen) atoms. The summed E-state index contributed by atoms with van der Waals surface area (Å²) in [5.74, 6) is 0.279. The average molecular weight is 745 g/mol. The first-order valence-corrected chi connectivity index (χ1v) is 18.7. The third-order valence-corrected chi connectivity index (χ3v) is 10.4. The molecule has 5 rings (SSSR count). The minimum absolute atomic E-state index is 0.00483. The topological polar surface area (TPSA) is 96.0 Å². The highest BCUT2D eigenvalue weighted by atomic mass is 35.5. The van der Waals surface area contributed by atoms with Crippen LogP contribution in [0.15, 0.2) is 138 Å². The van der Waals surface area contributed by atoms with E-state index in [1.165, 1.54) is 17.0 Å². The number of carbonyl (C=O) groups excluding carboxylic acids is 2. The molecule has 11 heteroatoms. The molecule has 0 spiro atoms. The number of nitrogens with one attached hydrogen (secondary N) is 1. The van der Waals surface area contributed by atoms with E-state index in [4.69, 9.17) is 27.9 Å². The van der Waals surface area contributed by atoms with Crippen LogP contribution < -0.4 is 14.4 Å². The molecule has 0 saturated carbocycles. The van der Waals surface area contributed by atoms with E-state index in [1.54, 1.807) is 60.7 Å². The largest absolute Gasteiger partial charge is 0.457 e. The highest BCUT2D eigenvalue weighted by Crippen LogP contribution is 2.30. The SMILES string of the molecule is CC(C)CNC(=O)C(Cc1ccccc1)N(Cc1ccc(Cl)cc1Cl)C(=O)CN(c1ccc(Oc2ccccc2)cc1)S(=O)(=O)c1ccccc1. The van der Waals surface area contributed by atoms with E-state index < -0.39 is 28.5 Å². The second-order valence-electron chi connectivity index (χ2n) is 12.3. The molecule has 0 heterocycles. The number of para-hydroxylation sites is 1. The number of hydrogen-bond donors (Lipinski definition) is 1. The van der Waals surface area contributed by atoms with Crippen LogP contribution in [0, 0.1) is 5.92 Å². The van der Waals surface area contributed by atoms with Gasteiger partial charge in [0.1, 0.15) is 24.1 Å². The van der Waals surface area contributed by atoms with E-state index in [0.29, 0.717) is 33.7 Å². The first-order valence-electron chi connectivity index (χ1n) is 16.5. The van der Waals surface area contributed by atoms with Crippen LogP contribution in [0.5, 0.6) is 11.5 Å². The van der Waals surface area contributed by atoms with Gasteiger partial charge in [0.15, 0.2) is 0 Å². The molecule has 1 N–H and O–H groups in total. The van der Waals surface area contributed by atoms with Crippen molar-refractivity contribution in [2.24, 2.45) is 5.92 Å². The van der Waals surface area contributed by atoms with Gasteiger partial charge in [-0.3, -0.25) is 13.9 Å². The van der Waals surface area contributed by atoms with Crippen LogP contribution in [0.3, 0.4) is 0 Å². The quantitative estimate of drug-likeness (QED) is 0.116. The first kappa shape index (κ1) is 37.4. The summed E-state index contributed by atoms with van der Waals surface area (Å²) in [6.07, 6.45) is 0.179. The number of rotatable bonds is 15. The number of benzene rings is 5. The van der Waals surface area contributed by atoms with Crippen molar-refractivity contribution in [2.45, 2.75) is 37.8 Å². The molecule has 1 atom stereocenters. The lowest BCUT2D eigenvalue weighted by Crippen LogP contribution is -2.53. The summed E-state index contributed by atoms with van der Waals surface area (Å²) < 4.78 is 35.6. The average Bonchev–Trinajstić information content (AvgIpc) is 3.13. The van der Waals surface area contributed by atoms with Crippen molar-refractivity contribution in [1.29, 1.82) is 0 Å². The predicted molar refractivity (Wildman–Crippen MR) is 203 cm³/mol. The number of amides is 2. The lowest BCUT2D eigenvalue weighted by molar-refractivity contribution is -0.140. The molecular formula is C40H39Cl2N3O5S. The van der Waals surface area contributed by atoms with E-state index in [2.05, 4.69) is 5.32 Å². The summed E-state index contributed by atoms with van der Waals surface area (Å²) in [7, 11) is -4.27. The predicted octanol–water partition coefficient (Wildman–Crippen LogP) is 8.39. The van der Waals surface area contributed by atoms with Gasteiger partial charge in [-0.05, 0) is 77.7 Å². The number of anilines is 1. The molecular weight excluding hydrogens is 705 g/mol. The Hall–Kier alpha value is -4.83. The van der Waals surface area contributed by atoms with E-state index in [-0.39, 0.29) is 35.4 Å². The van der Waals surface area contributed by atoms with Gasteiger partial charge in [0, 0.05) is 29.6 Å². The normalized spacial score (nSPS) is 11.9. The van der Waals surface area contributed by atoms with Gasteiger partial charge in [-0.2, -0.15) is 0 Å². The fourth-order valence-electron chi connectivity index (χ4n) is 5.36. The number of hydrogen-bond acceptors (Lipinski definition) is 5. The van der Waals surface area contributed by atoms with Crippen LogP contribution >= 0.6 is 23.2 Å². The highest BCUT2D eigenvalue weighted by Gasteiger charge is 2.35. The Morgan fingerprint density at radius 2 is 1.35 bits per heavy atom. The summed E-state index contributed by atoms with van der Waals surface area (Å²) in [5.41, 5.74) is 1.61. The molecule has 0 aromatic heterocycles. The molecule has 5 aromatic carbocycles.